The number of allylic oxidation sites excluding steroid dienone is 1. The second-order valence-electron chi connectivity index (χ2n) is 3.80. The first kappa shape index (κ1) is 11.7. The van der Waals surface area contributed by atoms with Gasteiger partial charge in [0, 0.05) is 19.6 Å². The average molecular weight is 198 g/mol. The Kier molecular flexibility index (Phi) is 6.71. The van der Waals surface area contributed by atoms with Crippen LogP contribution in [0.1, 0.15) is 44.9 Å². The van der Waals surface area contributed by atoms with Gasteiger partial charge in [0.15, 0.2) is 6.29 Å². The first-order valence-electron chi connectivity index (χ1n) is 5.77. The molecular weight excluding hydrogens is 176 g/mol. The van der Waals surface area contributed by atoms with Crippen LogP contribution in [0.2, 0.25) is 0 Å². The molecule has 1 aliphatic rings. The van der Waals surface area contributed by atoms with Crippen molar-refractivity contribution in [1.82, 2.24) is 0 Å². The van der Waals surface area contributed by atoms with Crippen molar-refractivity contribution in [3.63, 3.8) is 0 Å². The number of ether oxygens (including phenoxy) is 2. The second kappa shape index (κ2) is 8.01. The highest BCUT2D eigenvalue weighted by Crippen LogP contribution is 2.13. The highest BCUT2D eigenvalue weighted by molar-refractivity contribution is 4.65. The average Bonchev–Trinajstić information content (AvgIpc) is 2.69. The maximum atomic E-state index is 5.57. The molecule has 0 aliphatic carbocycles. The number of unbranched alkanes of at least 4 members (excludes halogenated alkanes) is 4. The normalized spacial score (nSPS) is 21.3. The topological polar surface area (TPSA) is 18.5 Å². The summed E-state index contributed by atoms with van der Waals surface area (Å²) in [5.74, 6) is 0. The van der Waals surface area contributed by atoms with E-state index >= 15 is 0 Å². The quantitative estimate of drug-likeness (QED) is 0.440. The first-order chi connectivity index (χ1) is 6.93. The van der Waals surface area contributed by atoms with E-state index in [4.69, 9.17) is 9.47 Å². The highest BCUT2D eigenvalue weighted by atomic mass is 16.7. The van der Waals surface area contributed by atoms with Gasteiger partial charge in [-0.1, -0.05) is 18.9 Å². The van der Waals surface area contributed by atoms with Gasteiger partial charge in [-0.2, -0.15) is 0 Å². The molecule has 82 valence electrons. The molecule has 0 N–H and O–H groups in total. The van der Waals surface area contributed by atoms with Gasteiger partial charge in [0.25, 0.3) is 0 Å². The molecule has 0 bridgehead atoms. The van der Waals surface area contributed by atoms with E-state index in [-0.39, 0.29) is 6.29 Å². The molecule has 1 unspecified atom stereocenters. The summed E-state index contributed by atoms with van der Waals surface area (Å²) >= 11 is 0. The van der Waals surface area contributed by atoms with E-state index in [0.717, 1.165) is 38.9 Å². The zero-order valence-corrected chi connectivity index (χ0v) is 9.04. The third kappa shape index (κ3) is 5.40. The molecule has 0 aromatic carbocycles. The van der Waals surface area contributed by atoms with Crippen molar-refractivity contribution in [2.75, 3.05) is 13.2 Å². The first-order valence-corrected chi connectivity index (χ1v) is 5.77. The van der Waals surface area contributed by atoms with Gasteiger partial charge in [-0.05, 0) is 25.7 Å². The predicted molar refractivity (Wildman–Crippen MR) is 58.2 cm³/mol. The number of hydrogen-bond donors (Lipinski definition) is 0. The van der Waals surface area contributed by atoms with E-state index < -0.39 is 0 Å². The van der Waals surface area contributed by atoms with Crippen LogP contribution >= 0.6 is 0 Å². The summed E-state index contributed by atoms with van der Waals surface area (Å²) in [5, 5.41) is 0. The fourth-order valence-electron chi connectivity index (χ4n) is 1.64. The second-order valence-corrected chi connectivity index (χ2v) is 3.80. The van der Waals surface area contributed by atoms with Gasteiger partial charge in [-0.15, -0.1) is 6.58 Å². The lowest BCUT2D eigenvalue weighted by molar-refractivity contribution is -0.111. The largest absolute Gasteiger partial charge is 0.353 e. The van der Waals surface area contributed by atoms with Crippen molar-refractivity contribution in [2.45, 2.75) is 51.2 Å². The maximum Gasteiger partial charge on any atom is 0.157 e. The molecule has 0 aromatic rings. The molecule has 0 amide bonds. The lowest BCUT2D eigenvalue weighted by Gasteiger charge is -2.10. The Balaban J connectivity index is 1.77. The van der Waals surface area contributed by atoms with Gasteiger partial charge in [0.2, 0.25) is 0 Å². The zero-order chi connectivity index (χ0) is 10.1. The molecule has 2 heteroatoms. The van der Waals surface area contributed by atoms with E-state index in [2.05, 4.69) is 6.58 Å². The van der Waals surface area contributed by atoms with Gasteiger partial charge in [0.1, 0.15) is 0 Å². The molecular formula is C12H22O2. The van der Waals surface area contributed by atoms with Crippen LogP contribution in [0, 0.1) is 0 Å². The molecule has 1 heterocycles. The van der Waals surface area contributed by atoms with Crippen molar-refractivity contribution in [3.05, 3.63) is 12.7 Å². The maximum absolute atomic E-state index is 5.57. The summed E-state index contributed by atoms with van der Waals surface area (Å²) < 4.78 is 10.9. The molecule has 14 heavy (non-hydrogen) atoms. The minimum absolute atomic E-state index is 0.100. The summed E-state index contributed by atoms with van der Waals surface area (Å²) in [6.45, 7) is 5.44. The Morgan fingerprint density at radius 1 is 1.29 bits per heavy atom. The molecule has 0 spiro atoms. The standard InChI is InChI=1S/C12H22O2/c1-2-3-4-5-6-7-10-13-12-9-8-11-14-12/h2,12H,1,3-11H2. The lowest BCUT2D eigenvalue weighted by Crippen LogP contribution is -2.11. The summed E-state index contributed by atoms with van der Waals surface area (Å²) in [4.78, 5) is 0. The minimum Gasteiger partial charge on any atom is -0.353 e. The van der Waals surface area contributed by atoms with Crippen LogP contribution in [-0.4, -0.2) is 19.5 Å². The third-order valence-corrected chi connectivity index (χ3v) is 2.49. The Morgan fingerprint density at radius 3 is 2.86 bits per heavy atom. The molecule has 0 aromatic heterocycles. The Bertz CT molecular complexity index is 139. The molecule has 0 saturated carbocycles. The van der Waals surface area contributed by atoms with E-state index in [9.17, 15) is 0 Å². The predicted octanol–water partition coefficient (Wildman–Crippen LogP) is 3.28. The lowest BCUT2D eigenvalue weighted by atomic mass is 10.1. The Labute approximate surface area is 87.3 Å². The summed E-state index contributed by atoms with van der Waals surface area (Å²) in [6, 6.07) is 0. The van der Waals surface area contributed by atoms with E-state index in [1.807, 2.05) is 6.08 Å². The van der Waals surface area contributed by atoms with Crippen LogP contribution < -0.4 is 0 Å². The molecule has 1 rings (SSSR count). The molecule has 2 nitrogen and oxygen atoms in total. The number of hydrogen-bond acceptors (Lipinski definition) is 2. The van der Waals surface area contributed by atoms with Gasteiger partial charge in [-0.3, -0.25) is 0 Å². The van der Waals surface area contributed by atoms with Crippen molar-refractivity contribution in [1.29, 1.82) is 0 Å². The SMILES string of the molecule is C=CCCCCCCOC1CCCO1. The van der Waals surface area contributed by atoms with E-state index in [0.29, 0.717) is 0 Å². The van der Waals surface area contributed by atoms with Crippen LogP contribution in [0.4, 0.5) is 0 Å². The molecule has 1 aliphatic heterocycles. The van der Waals surface area contributed by atoms with Crippen LogP contribution in [0.5, 0.6) is 0 Å². The van der Waals surface area contributed by atoms with Gasteiger partial charge in [-0.25, -0.2) is 0 Å². The van der Waals surface area contributed by atoms with Crippen molar-refractivity contribution in [3.8, 4) is 0 Å². The van der Waals surface area contributed by atoms with Crippen LogP contribution in [-0.2, 0) is 9.47 Å². The van der Waals surface area contributed by atoms with Crippen LogP contribution in [0.25, 0.3) is 0 Å². The van der Waals surface area contributed by atoms with Crippen molar-refractivity contribution < 1.29 is 9.47 Å². The van der Waals surface area contributed by atoms with Gasteiger partial charge < -0.3 is 9.47 Å². The molecule has 1 saturated heterocycles. The van der Waals surface area contributed by atoms with Gasteiger partial charge in [0.05, 0.1) is 0 Å². The summed E-state index contributed by atoms with van der Waals surface area (Å²) in [5.41, 5.74) is 0. The van der Waals surface area contributed by atoms with E-state index in [1.165, 1.54) is 19.3 Å². The summed E-state index contributed by atoms with van der Waals surface area (Å²) in [6.07, 6.45) is 10.5. The molecule has 1 fully saturated rings. The van der Waals surface area contributed by atoms with Crippen LogP contribution in [0.15, 0.2) is 12.7 Å². The van der Waals surface area contributed by atoms with Crippen molar-refractivity contribution in [2.24, 2.45) is 0 Å². The molecule has 0 radical (unpaired) electrons. The molecule has 1 atom stereocenters. The van der Waals surface area contributed by atoms with Gasteiger partial charge >= 0.3 is 0 Å². The fraction of sp³-hybridized carbons (Fsp3) is 0.833. The Morgan fingerprint density at radius 2 is 2.14 bits per heavy atom. The highest BCUT2D eigenvalue weighted by Gasteiger charge is 2.14. The third-order valence-electron chi connectivity index (χ3n) is 2.49. The fourth-order valence-corrected chi connectivity index (χ4v) is 1.64. The zero-order valence-electron chi connectivity index (χ0n) is 9.04. The van der Waals surface area contributed by atoms with Crippen molar-refractivity contribution >= 4 is 0 Å². The minimum atomic E-state index is 0.100. The number of rotatable bonds is 8. The summed E-state index contributed by atoms with van der Waals surface area (Å²) in [7, 11) is 0. The van der Waals surface area contributed by atoms with E-state index in [1.54, 1.807) is 0 Å². The Hall–Kier alpha value is -0.340. The monoisotopic (exact) mass is 198 g/mol. The smallest absolute Gasteiger partial charge is 0.157 e. The van der Waals surface area contributed by atoms with Crippen LogP contribution in [0.3, 0.4) is 0 Å².